The highest BCUT2D eigenvalue weighted by Crippen LogP contribution is 2.16. The van der Waals surface area contributed by atoms with E-state index < -0.39 is 11.8 Å². The molecule has 0 aliphatic rings. The summed E-state index contributed by atoms with van der Waals surface area (Å²) in [6.45, 7) is 0. The van der Waals surface area contributed by atoms with Crippen molar-refractivity contribution in [3.05, 3.63) is 40.9 Å². The van der Waals surface area contributed by atoms with Crippen LogP contribution in [-0.4, -0.2) is 24.0 Å². The van der Waals surface area contributed by atoms with Gasteiger partial charge in [0.05, 0.1) is 7.11 Å². The predicted molar refractivity (Wildman–Crippen MR) is 59.1 cm³/mol. The number of aliphatic hydroxyl groups is 1. The summed E-state index contributed by atoms with van der Waals surface area (Å²) < 4.78 is 4.20. The number of hydrogen-bond acceptors (Lipinski definition) is 4. The van der Waals surface area contributed by atoms with E-state index in [9.17, 15) is 14.7 Å². The molecular weight excluding hydrogens is 232 g/mol. The molecule has 16 heavy (non-hydrogen) atoms. The minimum absolute atomic E-state index is 0.335. The van der Waals surface area contributed by atoms with Crippen molar-refractivity contribution in [1.82, 2.24) is 0 Å². The maximum absolute atomic E-state index is 11.1. The fourth-order valence-electron chi connectivity index (χ4n) is 1.01. The first-order valence-corrected chi connectivity index (χ1v) is 4.71. The van der Waals surface area contributed by atoms with Crippen LogP contribution in [0.4, 0.5) is 0 Å². The molecule has 5 heteroatoms. The van der Waals surface area contributed by atoms with Gasteiger partial charge in [0, 0.05) is 16.7 Å². The molecule has 0 unspecified atom stereocenters. The first kappa shape index (κ1) is 12.3. The SMILES string of the molecule is COC(=O)C(=O)C=C(O)c1cccc(Cl)c1. The van der Waals surface area contributed by atoms with Gasteiger partial charge in [-0.05, 0) is 12.1 Å². The van der Waals surface area contributed by atoms with Crippen LogP contribution in [0.15, 0.2) is 30.3 Å². The largest absolute Gasteiger partial charge is 0.507 e. The topological polar surface area (TPSA) is 63.6 Å². The van der Waals surface area contributed by atoms with Crippen LogP contribution in [0, 0.1) is 0 Å². The van der Waals surface area contributed by atoms with Gasteiger partial charge in [0.1, 0.15) is 5.76 Å². The summed E-state index contributed by atoms with van der Waals surface area (Å²) in [6, 6.07) is 6.27. The van der Waals surface area contributed by atoms with E-state index in [1.807, 2.05) is 0 Å². The average molecular weight is 241 g/mol. The van der Waals surface area contributed by atoms with Gasteiger partial charge in [-0.2, -0.15) is 0 Å². The second-order valence-corrected chi connectivity index (χ2v) is 3.33. The highest BCUT2D eigenvalue weighted by molar-refractivity contribution is 6.39. The summed E-state index contributed by atoms with van der Waals surface area (Å²) in [6.07, 6.45) is 0.789. The highest BCUT2D eigenvalue weighted by atomic mass is 35.5. The normalized spacial score (nSPS) is 11.0. The van der Waals surface area contributed by atoms with E-state index in [0.29, 0.717) is 10.6 Å². The van der Waals surface area contributed by atoms with Crippen molar-refractivity contribution in [3.8, 4) is 0 Å². The number of ether oxygens (including phenoxy) is 1. The van der Waals surface area contributed by atoms with Gasteiger partial charge in [-0.1, -0.05) is 23.7 Å². The van der Waals surface area contributed by atoms with Crippen LogP contribution < -0.4 is 0 Å². The fourth-order valence-corrected chi connectivity index (χ4v) is 1.21. The molecule has 0 amide bonds. The number of methoxy groups -OCH3 is 1. The Hall–Kier alpha value is -1.81. The Kier molecular flexibility index (Phi) is 4.08. The van der Waals surface area contributed by atoms with Crippen LogP contribution in [0.5, 0.6) is 0 Å². The first-order valence-electron chi connectivity index (χ1n) is 4.33. The van der Waals surface area contributed by atoms with Gasteiger partial charge in [-0.3, -0.25) is 4.79 Å². The Morgan fingerprint density at radius 1 is 1.44 bits per heavy atom. The van der Waals surface area contributed by atoms with E-state index >= 15 is 0 Å². The number of halogens is 1. The maximum Gasteiger partial charge on any atom is 0.378 e. The summed E-state index contributed by atoms with van der Waals surface area (Å²) in [5.74, 6) is -2.30. The van der Waals surface area contributed by atoms with E-state index in [-0.39, 0.29) is 5.76 Å². The average Bonchev–Trinajstić information content (AvgIpc) is 2.27. The van der Waals surface area contributed by atoms with Gasteiger partial charge in [0.25, 0.3) is 5.78 Å². The molecule has 0 atom stereocenters. The summed E-state index contributed by atoms with van der Waals surface area (Å²) >= 11 is 5.70. The fraction of sp³-hybridized carbons (Fsp3) is 0.0909. The zero-order valence-corrected chi connectivity index (χ0v) is 9.19. The van der Waals surface area contributed by atoms with E-state index in [2.05, 4.69) is 4.74 Å². The lowest BCUT2D eigenvalue weighted by atomic mass is 10.1. The number of carbonyl (C=O) groups is 2. The lowest BCUT2D eigenvalue weighted by Gasteiger charge is -2.00. The first-order chi connectivity index (χ1) is 7.54. The zero-order chi connectivity index (χ0) is 12.1. The van der Waals surface area contributed by atoms with Crippen LogP contribution in [-0.2, 0) is 14.3 Å². The van der Waals surface area contributed by atoms with Gasteiger partial charge in [-0.25, -0.2) is 4.79 Å². The van der Waals surface area contributed by atoms with Crippen LogP contribution in [0.2, 0.25) is 5.02 Å². The van der Waals surface area contributed by atoms with Crippen LogP contribution in [0.3, 0.4) is 0 Å². The van der Waals surface area contributed by atoms with Crippen molar-refractivity contribution in [1.29, 1.82) is 0 Å². The van der Waals surface area contributed by atoms with Crippen molar-refractivity contribution in [2.75, 3.05) is 7.11 Å². The molecule has 4 nitrogen and oxygen atoms in total. The van der Waals surface area contributed by atoms with Gasteiger partial charge in [-0.15, -0.1) is 0 Å². The molecule has 0 bridgehead atoms. The molecule has 0 aliphatic carbocycles. The summed E-state index contributed by atoms with van der Waals surface area (Å²) in [5, 5.41) is 9.95. The Morgan fingerprint density at radius 2 is 2.12 bits per heavy atom. The molecule has 1 aromatic carbocycles. The minimum atomic E-state index is -1.03. The summed E-state index contributed by atoms with van der Waals surface area (Å²) in [4.78, 5) is 21.9. The number of carbonyl (C=O) groups excluding carboxylic acids is 2. The summed E-state index contributed by atoms with van der Waals surface area (Å²) in [5.41, 5.74) is 0.352. The summed E-state index contributed by atoms with van der Waals surface area (Å²) in [7, 11) is 1.09. The molecule has 1 aromatic rings. The number of rotatable bonds is 3. The molecule has 0 saturated heterocycles. The Morgan fingerprint density at radius 3 is 2.69 bits per heavy atom. The maximum atomic E-state index is 11.1. The smallest absolute Gasteiger partial charge is 0.378 e. The molecular formula is C11H9ClO4. The zero-order valence-electron chi connectivity index (χ0n) is 8.44. The van der Waals surface area contributed by atoms with Crippen LogP contribution >= 0.6 is 11.6 Å². The second-order valence-electron chi connectivity index (χ2n) is 2.90. The van der Waals surface area contributed by atoms with Crippen molar-refractivity contribution >= 4 is 29.1 Å². The third-order valence-corrected chi connectivity index (χ3v) is 2.01. The highest BCUT2D eigenvalue weighted by Gasteiger charge is 2.12. The molecule has 0 radical (unpaired) electrons. The quantitative estimate of drug-likeness (QED) is 0.380. The Labute approximate surface area is 97.1 Å². The lowest BCUT2D eigenvalue weighted by molar-refractivity contribution is -0.149. The van der Waals surface area contributed by atoms with E-state index in [4.69, 9.17) is 11.6 Å². The molecule has 84 valence electrons. The number of ketones is 1. The third-order valence-electron chi connectivity index (χ3n) is 1.77. The molecule has 0 aliphatic heterocycles. The number of benzene rings is 1. The van der Waals surface area contributed by atoms with E-state index in [0.717, 1.165) is 13.2 Å². The molecule has 1 rings (SSSR count). The van der Waals surface area contributed by atoms with Crippen molar-refractivity contribution in [3.63, 3.8) is 0 Å². The van der Waals surface area contributed by atoms with Crippen molar-refractivity contribution < 1.29 is 19.4 Å². The Bertz CT molecular complexity index is 451. The van der Waals surface area contributed by atoms with Gasteiger partial charge < -0.3 is 9.84 Å². The predicted octanol–water partition coefficient (Wildman–Crippen LogP) is 1.98. The molecule has 0 saturated carbocycles. The van der Waals surface area contributed by atoms with Crippen molar-refractivity contribution in [2.24, 2.45) is 0 Å². The molecule has 0 fully saturated rings. The molecule has 0 aromatic heterocycles. The van der Waals surface area contributed by atoms with E-state index in [1.54, 1.807) is 18.2 Å². The van der Waals surface area contributed by atoms with Gasteiger partial charge >= 0.3 is 5.97 Å². The molecule has 1 N–H and O–H groups in total. The van der Waals surface area contributed by atoms with Gasteiger partial charge in [0.15, 0.2) is 0 Å². The number of hydrogen-bond donors (Lipinski definition) is 1. The van der Waals surface area contributed by atoms with Crippen molar-refractivity contribution in [2.45, 2.75) is 0 Å². The van der Waals surface area contributed by atoms with Crippen LogP contribution in [0.25, 0.3) is 5.76 Å². The monoisotopic (exact) mass is 240 g/mol. The molecule has 0 spiro atoms. The minimum Gasteiger partial charge on any atom is -0.507 e. The van der Waals surface area contributed by atoms with Crippen LogP contribution in [0.1, 0.15) is 5.56 Å². The van der Waals surface area contributed by atoms with E-state index in [1.165, 1.54) is 6.07 Å². The standard InChI is InChI=1S/C11H9ClO4/c1-16-11(15)10(14)6-9(13)7-3-2-4-8(12)5-7/h2-6,13H,1H3. The molecule has 0 heterocycles. The second kappa shape index (κ2) is 5.32. The number of aliphatic hydroxyl groups excluding tert-OH is 1. The lowest BCUT2D eigenvalue weighted by Crippen LogP contribution is -2.13. The Balaban J connectivity index is 2.93. The third kappa shape index (κ3) is 3.10. The number of esters is 1. The van der Waals surface area contributed by atoms with Gasteiger partial charge in [0.2, 0.25) is 0 Å².